The Balaban J connectivity index is 1.74. The van der Waals surface area contributed by atoms with Crippen molar-refractivity contribution >= 4 is 55.1 Å². The van der Waals surface area contributed by atoms with Crippen LogP contribution in [-0.4, -0.2) is 38.8 Å². The van der Waals surface area contributed by atoms with Crippen molar-refractivity contribution in [2.24, 2.45) is 0 Å². The quantitative estimate of drug-likeness (QED) is 0.350. The highest BCUT2D eigenvalue weighted by Gasteiger charge is 2.27. The van der Waals surface area contributed by atoms with Crippen molar-refractivity contribution in [1.29, 1.82) is 0 Å². The van der Waals surface area contributed by atoms with Crippen molar-refractivity contribution in [3.63, 3.8) is 0 Å². The molecule has 10 heteroatoms. The summed E-state index contributed by atoms with van der Waals surface area (Å²) in [6.45, 7) is -0.0840. The van der Waals surface area contributed by atoms with E-state index >= 15 is 0 Å². The second-order valence-electron chi connectivity index (χ2n) is 7.41. The fourth-order valence-corrected chi connectivity index (χ4v) is 5.28. The number of benzene rings is 3. The van der Waals surface area contributed by atoms with Crippen LogP contribution in [0.4, 0.5) is 0 Å². The van der Waals surface area contributed by atoms with Gasteiger partial charge < -0.3 is 10.1 Å². The molecule has 0 radical (unpaired) electrons. The number of rotatable bonds is 10. The van der Waals surface area contributed by atoms with Gasteiger partial charge in [-0.05, 0) is 66.1 Å². The number of hydrogen-bond acceptors (Lipinski definition) is 4. The molecule has 0 fully saturated rings. The molecule has 3 aromatic rings. The number of carbonyl (C=O) groups excluding carboxylic acids is 1. The molecule has 180 valence electrons. The average molecular weight is 586 g/mol. The lowest BCUT2D eigenvalue weighted by molar-refractivity contribution is -0.121. The van der Waals surface area contributed by atoms with Gasteiger partial charge in [0.1, 0.15) is 5.75 Å². The molecule has 0 heterocycles. The van der Waals surface area contributed by atoms with Gasteiger partial charge in [-0.1, -0.05) is 57.3 Å². The van der Waals surface area contributed by atoms with Crippen LogP contribution in [0.1, 0.15) is 11.1 Å². The van der Waals surface area contributed by atoms with E-state index in [1.165, 1.54) is 18.2 Å². The lowest BCUT2D eigenvalue weighted by Crippen LogP contribution is -2.40. The summed E-state index contributed by atoms with van der Waals surface area (Å²) < 4.78 is 33.7. The van der Waals surface area contributed by atoms with Crippen molar-refractivity contribution in [2.45, 2.75) is 17.9 Å². The molecule has 0 aromatic heterocycles. The molecule has 0 aliphatic carbocycles. The van der Waals surface area contributed by atoms with Crippen LogP contribution in [0, 0.1) is 0 Å². The van der Waals surface area contributed by atoms with Crippen LogP contribution in [-0.2, 0) is 27.8 Å². The molecule has 0 bridgehead atoms. The van der Waals surface area contributed by atoms with Crippen LogP contribution in [0.3, 0.4) is 0 Å². The highest BCUT2D eigenvalue weighted by molar-refractivity contribution is 9.10. The van der Waals surface area contributed by atoms with Crippen molar-refractivity contribution < 1.29 is 17.9 Å². The first-order chi connectivity index (χ1) is 16.2. The Kier molecular flexibility index (Phi) is 9.39. The third-order valence-corrected chi connectivity index (χ3v) is 7.95. The molecule has 0 saturated carbocycles. The fraction of sp³-hybridized carbons (Fsp3) is 0.208. The highest BCUT2D eigenvalue weighted by atomic mass is 79.9. The fourth-order valence-electron chi connectivity index (χ4n) is 3.18. The minimum atomic E-state index is -3.98. The molecule has 34 heavy (non-hydrogen) atoms. The lowest BCUT2D eigenvalue weighted by atomic mass is 10.1. The number of nitrogens with zero attached hydrogens (tertiary/aromatic N) is 1. The SMILES string of the molecule is COc1ccc(CCNC(=O)CN(Cc2ccc(Cl)cc2Cl)S(=O)(=O)c2ccc(Br)cc2)cc1. The van der Waals surface area contributed by atoms with Gasteiger partial charge in [-0.3, -0.25) is 4.79 Å². The molecular formula is C24H23BrCl2N2O4S. The predicted octanol–water partition coefficient (Wildman–Crippen LogP) is 5.31. The van der Waals surface area contributed by atoms with Gasteiger partial charge in [-0.15, -0.1) is 0 Å². The van der Waals surface area contributed by atoms with Crippen molar-refractivity contribution in [3.05, 3.63) is 92.4 Å². The zero-order valence-electron chi connectivity index (χ0n) is 18.3. The van der Waals surface area contributed by atoms with Gasteiger partial charge in [0, 0.05) is 27.6 Å². The van der Waals surface area contributed by atoms with Crippen molar-refractivity contribution in [2.75, 3.05) is 20.2 Å². The van der Waals surface area contributed by atoms with E-state index in [-0.39, 0.29) is 18.0 Å². The molecule has 0 atom stereocenters. The Labute approximate surface area is 218 Å². The highest BCUT2D eigenvalue weighted by Crippen LogP contribution is 2.26. The maximum absolute atomic E-state index is 13.4. The van der Waals surface area contributed by atoms with E-state index in [4.69, 9.17) is 27.9 Å². The minimum absolute atomic E-state index is 0.0758. The molecule has 0 unspecified atom stereocenters. The maximum Gasteiger partial charge on any atom is 0.243 e. The van der Waals surface area contributed by atoms with Crippen LogP contribution in [0.25, 0.3) is 0 Å². The monoisotopic (exact) mass is 584 g/mol. The van der Waals surface area contributed by atoms with E-state index in [1.807, 2.05) is 24.3 Å². The first-order valence-electron chi connectivity index (χ1n) is 10.3. The van der Waals surface area contributed by atoms with Crippen molar-refractivity contribution in [1.82, 2.24) is 9.62 Å². The third-order valence-electron chi connectivity index (χ3n) is 5.03. The number of methoxy groups -OCH3 is 1. The summed E-state index contributed by atoms with van der Waals surface area (Å²) in [6.07, 6.45) is 0.595. The van der Waals surface area contributed by atoms with Gasteiger partial charge in [0.15, 0.2) is 0 Å². The van der Waals surface area contributed by atoms with Gasteiger partial charge in [0.25, 0.3) is 0 Å². The number of hydrogen-bond donors (Lipinski definition) is 1. The molecule has 0 aliphatic heterocycles. The summed E-state index contributed by atoms with van der Waals surface area (Å²) in [4.78, 5) is 12.8. The van der Waals surface area contributed by atoms with Crippen LogP contribution >= 0.6 is 39.1 Å². The molecule has 3 aromatic carbocycles. The van der Waals surface area contributed by atoms with E-state index < -0.39 is 15.9 Å². The van der Waals surface area contributed by atoms with E-state index in [0.29, 0.717) is 28.6 Å². The van der Waals surface area contributed by atoms with Gasteiger partial charge >= 0.3 is 0 Å². The second-order valence-corrected chi connectivity index (χ2v) is 11.1. The first kappa shape index (κ1) is 26.5. The van der Waals surface area contributed by atoms with Crippen LogP contribution in [0.5, 0.6) is 5.75 Å². The number of amides is 1. The van der Waals surface area contributed by atoms with Gasteiger partial charge in [0.05, 0.1) is 18.6 Å². The van der Waals surface area contributed by atoms with Crippen LogP contribution in [0.15, 0.2) is 76.1 Å². The number of ether oxygens (including phenoxy) is 1. The summed E-state index contributed by atoms with van der Waals surface area (Å²) in [5.41, 5.74) is 1.56. The van der Waals surface area contributed by atoms with Crippen molar-refractivity contribution in [3.8, 4) is 5.75 Å². The smallest absolute Gasteiger partial charge is 0.243 e. The Morgan fingerprint density at radius 1 is 1.03 bits per heavy atom. The number of carbonyl (C=O) groups is 1. The first-order valence-corrected chi connectivity index (χ1v) is 13.3. The average Bonchev–Trinajstić information content (AvgIpc) is 2.81. The van der Waals surface area contributed by atoms with E-state index in [0.717, 1.165) is 20.1 Å². The summed E-state index contributed by atoms with van der Waals surface area (Å²) in [7, 11) is -2.38. The molecule has 0 aliphatic rings. The molecule has 0 saturated heterocycles. The summed E-state index contributed by atoms with van der Waals surface area (Å²) in [6, 6.07) is 18.6. The van der Waals surface area contributed by atoms with Gasteiger partial charge in [-0.2, -0.15) is 4.31 Å². The van der Waals surface area contributed by atoms with Crippen LogP contribution < -0.4 is 10.1 Å². The normalized spacial score (nSPS) is 11.4. The minimum Gasteiger partial charge on any atom is -0.497 e. The van der Waals surface area contributed by atoms with E-state index in [9.17, 15) is 13.2 Å². The summed E-state index contributed by atoms with van der Waals surface area (Å²) in [5, 5.41) is 3.55. The van der Waals surface area contributed by atoms with Crippen LogP contribution in [0.2, 0.25) is 10.0 Å². The zero-order chi connectivity index (χ0) is 24.7. The summed E-state index contributed by atoms with van der Waals surface area (Å²) >= 11 is 15.6. The topological polar surface area (TPSA) is 75.7 Å². The van der Waals surface area contributed by atoms with Gasteiger partial charge in [0.2, 0.25) is 15.9 Å². The molecule has 6 nitrogen and oxygen atoms in total. The largest absolute Gasteiger partial charge is 0.497 e. The molecule has 3 rings (SSSR count). The molecule has 0 spiro atoms. The number of halogens is 3. The Morgan fingerprint density at radius 3 is 2.32 bits per heavy atom. The number of sulfonamides is 1. The number of nitrogens with one attached hydrogen (secondary N) is 1. The predicted molar refractivity (Wildman–Crippen MR) is 138 cm³/mol. The summed E-state index contributed by atoms with van der Waals surface area (Å²) in [5.74, 6) is 0.335. The zero-order valence-corrected chi connectivity index (χ0v) is 22.2. The third kappa shape index (κ3) is 7.20. The standard InChI is InChI=1S/C24H23BrCl2N2O4S/c1-33-21-8-2-17(3-9-21)12-13-28-24(30)16-29(15-18-4-7-20(26)14-23(18)27)34(31,32)22-10-5-19(25)6-11-22/h2-11,14H,12-13,15-16H2,1H3,(H,28,30). The molecule has 1 amide bonds. The lowest BCUT2D eigenvalue weighted by Gasteiger charge is -2.22. The van der Waals surface area contributed by atoms with E-state index in [1.54, 1.807) is 31.4 Å². The Bertz CT molecular complexity index is 1240. The maximum atomic E-state index is 13.4. The molecule has 1 N–H and O–H groups in total. The van der Waals surface area contributed by atoms with Gasteiger partial charge in [-0.25, -0.2) is 8.42 Å². The molecular weight excluding hydrogens is 563 g/mol. The Morgan fingerprint density at radius 2 is 1.71 bits per heavy atom. The Hall–Kier alpha value is -2.10. The second kappa shape index (κ2) is 12.0. The van der Waals surface area contributed by atoms with E-state index in [2.05, 4.69) is 21.2 Å².